The van der Waals surface area contributed by atoms with Crippen molar-refractivity contribution in [2.45, 2.75) is 13.2 Å². The number of rotatable bonds is 4. The summed E-state index contributed by atoms with van der Waals surface area (Å²) in [6.07, 6.45) is 0. The van der Waals surface area contributed by atoms with Crippen LogP contribution in [0.1, 0.15) is 11.3 Å². The highest BCUT2D eigenvalue weighted by molar-refractivity contribution is 5.62. The number of nitrogens with zero attached hydrogens (tertiary/aromatic N) is 3. The van der Waals surface area contributed by atoms with Gasteiger partial charge in [-0.3, -0.25) is 0 Å². The molecule has 4 nitrogen and oxygen atoms in total. The van der Waals surface area contributed by atoms with Crippen LogP contribution in [0.5, 0.6) is 0 Å². The molecule has 1 aromatic heterocycles. The van der Waals surface area contributed by atoms with Crippen LogP contribution in [0.15, 0.2) is 48.5 Å². The van der Waals surface area contributed by atoms with Crippen LogP contribution < -0.4 is 0 Å². The topological polar surface area (TPSA) is 50.9 Å². The van der Waals surface area contributed by atoms with Crippen LogP contribution in [-0.4, -0.2) is 20.1 Å². The summed E-state index contributed by atoms with van der Waals surface area (Å²) in [6, 6.07) is 13.1. The van der Waals surface area contributed by atoms with Crippen molar-refractivity contribution in [1.82, 2.24) is 15.0 Å². The fourth-order valence-electron chi connectivity index (χ4n) is 2.28. The SMILES string of the molecule is OCc1nnn(Cc2ccccc2)c1-c1ccc(F)c(F)c1. The van der Waals surface area contributed by atoms with Crippen LogP contribution in [0.4, 0.5) is 8.78 Å². The van der Waals surface area contributed by atoms with Crippen LogP contribution in [0.3, 0.4) is 0 Å². The van der Waals surface area contributed by atoms with E-state index in [1.807, 2.05) is 30.3 Å². The highest BCUT2D eigenvalue weighted by Crippen LogP contribution is 2.25. The summed E-state index contributed by atoms with van der Waals surface area (Å²) in [6.45, 7) is 0.0886. The van der Waals surface area contributed by atoms with E-state index in [0.717, 1.165) is 17.7 Å². The van der Waals surface area contributed by atoms with Crippen molar-refractivity contribution < 1.29 is 13.9 Å². The van der Waals surface area contributed by atoms with Crippen molar-refractivity contribution in [2.24, 2.45) is 0 Å². The van der Waals surface area contributed by atoms with E-state index in [4.69, 9.17) is 0 Å². The van der Waals surface area contributed by atoms with Gasteiger partial charge in [0.25, 0.3) is 0 Å². The second-order valence-electron chi connectivity index (χ2n) is 4.81. The van der Waals surface area contributed by atoms with Gasteiger partial charge in [0.2, 0.25) is 0 Å². The van der Waals surface area contributed by atoms with Crippen LogP contribution in [0.25, 0.3) is 11.3 Å². The summed E-state index contributed by atoms with van der Waals surface area (Å²) in [7, 11) is 0. The first-order valence-corrected chi connectivity index (χ1v) is 6.71. The number of aromatic nitrogens is 3. The number of hydrogen-bond acceptors (Lipinski definition) is 3. The van der Waals surface area contributed by atoms with E-state index in [1.54, 1.807) is 4.68 Å². The van der Waals surface area contributed by atoms with E-state index in [0.29, 0.717) is 23.5 Å². The van der Waals surface area contributed by atoms with Gasteiger partial charge in [-0.25, -0.2) is 13.5 Å². The summed E-state index contributed by atoms with van der Waals surface area (Å²) >= 11 is 0. The molecule has 0 aliphatic heterocycles. The van der Waals surface area contributed by atoms with Crippen molar-refractivity contribution in [3.8, 4) is 11.3 Å². The van der Waals surface area contributed by atoms with E-state index < -0.39 is 11.6 Å². The third-order valence-corrected chi connectivity index (χ3v) is 3.32. The molecule has 0 bridgehead atoms. The van der Waals surface area contributed by atoms with Crippen LogP contribution in [0, 0.1) is 11.6 Å². The van der Waals surface area contributed by atoms with Gasteiger partial charge in [0, 0.05) is 5.56 Å². The molecule has 0 unspecified atom stereocenters. The molecule has 3 aromatic rings. The monoisotopic (exact) mass is 301 g/mol. The fraction of sp³-hybridized carbons (Fsp3) is 0.125. The molecule has 0 fully saturated rings. The van der Waals surface area contributed by atoms with Crippen LogP contribution >= 0.6 is 0 Å². The zero-order valence-electron chi connectivity index (χ0n) is 11.6. The van der Waals surface area contributed by atoms with Gasteiger partial charge in [0.15, 0.2) is 11.6 Å². The Bertz CT molecular complexity index is 787. The lowest BCUT2D eigenvalue weighted by Gasteiger charge is -2.08. The average Bonchev–Trinajstić information content (AvgIpc) is 2.94. The molecule has 2 aromatic carbocycles. The average molecular weight is 301 g/mol. The Morgan fingerprint density at radius 3 is 2.45 bits per heavy atom. The van der Waals surface area contributed by atoms with Crippen molar-refractivity contribution in [3.63, 3.8) is 0 Å². The first kappa shape index (κ1) is 14.3. The Morgan fingerprint density at radius 2 is 1.77 bits per heavy atom. The summed E-state index contributed by atoms with van der Waals surface area (Å²) < 4.78 is 28.1. The Hall–Kier alpha value is -2.60. The second-order valence-corrected chi connectivity index (χ2v) is 4.81. The van der Waals surface area contributed by atoms with Crippen molar-refractivity contribution in [1.29, 1.82) is 0 Å². The zero-order chi connectivity index (χ0) is 15.5. The highest BCUT2D eigenvalue weighted by atomic mass is 19.2. The molecular formula is C16H13F2N3O. The minimum absolute atomic E-state index is 0.321. The molecule has 0 atom stereocenters. The minimum atomic E-state index is -0.950. The number of aliphatic hydroxyl groups excluding tert-OH is 1. The maximum atomic E-state index is 13.5. The largest absolute Gasteiger partial charge is 0.390 e. The molecular weight excluding hydrogens is 288 g/mol. The summed E-state index contributed by atoms with van der Waals surface area (Å²) in [4.78, 5) is 0. The number of halogens is 2. The first-order chi connectivity index (χ1) is 10.7. The molecule has 0 spiro atoms. The molecule has 0 amide bonds. The van der Waals surface area contributed by atoms with Crippen molar-refractivity contribution in [3.05, 3.63) is 71.4 Å². The maximum Gasteiger partial charge on any atom is 0.159 e. The molecule has 22 heavy (non-hydrogen) atoms. The normalized spacial score (nSPS) is 10.9. The minimum Gasteiger partial charge on any atom is -0.390 e. The first-order valence-electron chi connectivity index (χ1n) is 6.71. The van der Waals surface area contributed by atoms with Gasteiger partial charge in [-0.2, -0.15) is 0 Å². The fourth-order valence-corrected chi connectivity index (χ4v) is 2.28. The van der Waals surface area contributed by atoms with Gasteiger partial charge in [0.1, 0.15) is 5.69 Å². The molecule has 1 heterocycles. The third kappa shape index (κ3) is 2.73. The predicted molar refractivity (Wildman–Crippen MR) is 76.8 cm³/mol. The molecule has 0 aliphatic carbocycles. The summed E-state index contributed by atoms with van der Waals surface area (Å²) in [5.74, 6) is -1.87. The lowest BCUT2D eigenvalue weighted by molar-refractivity contribution is 0.277. The Kier molecular flexibility index (Phi) is 3.93. The number of benzene rings is 2. The zero-order valence-corrected chi connectivity index (χ0v) is 11.6. The molecule has 0 radical (unpaired) electrons. The van der Waals surface area contributed by atoms with Crippen LogP contribution in [-0.2, 0) is 13.2 Å². The van der Waals surface area contributed by atoms with Crippen LogP contribution in [0.2, 0.25) is 0 Å². The Labute approximate surface area is 125 Å². The smallest absolute Gasteiger partial charge is 0.159 e. The quantitative estimate of drug-likeness (QED) is 0.806. The molecule has 1 N–H and O–H groups in total. The molecule has 6 heteroatoms. The highest BCUT2D eigenvalue weighted by Gasteiger charge is 2.16. The lowest BCUT2D eigenvalue weighted by Crippen LogP contribution is -2.05. The molecule has 0 saturated carbocycles. The molecule has 112 valence electrons. The van der Waals surface area contributed by atoms with Gasteiger partial charge in [0.05, 0.1) is 18.8 Å². The van der Waals surface area contributed by atoms with Gasteiger partial charge in [-0.15, -0.1) is 5.10 Å². The van der Waals surface area contributed by atoms with E-state index in [9.17, 15) is 13.9 Å². The van der Waals surface area contributed by atoms with E-state index in [-0.39, 0.29) is 6.61 Å². The van der Waals surface area contributed by atoms with Gasteiger partial charge >= 0.3 is 0 Å². The standard InChI is InChI=1S/C16H13F2N3O/c17-13-7-6-12(8-14(13)18)16-15(10-22)19-20-21(16)9-11-4-2-1-3-5-11/h1-8,22H,9-10H2. The number of aliphatic hydroxyl groups is 1. The van der Waals surface area contributed by atoms with Crippen molar-refractivity contribution in [2.75, 3.05) is 0 Å². The van der Waals surface area contributed by atoms with Gasteiger partial charge in [-0.1, -0.05) is 35.5 Å². The predicted octanol–water partition coefficient (Wildman–Crippen LogP) is 2.76. The van der Waals surface area contributed by atoms with E-state index in [2.05, 4.69) is 10.3 Å². The molecule has 0 saturated heterocycles. The maximum absolute atomic E-state index is 13.5. The van der Waals surface area contributed by atoms with E-state index in [1.165, 1.54) is 6.07 Å². The van der Waals surface area contributed by atoms with Crippen molar-refractivity contribution >= 4 is 0 Å². The second kappa shape index (κ2) is 6.03. The summed E-state index contributed by atoms with van der Waals surface area (Å²) in [5.41, 5.74) is 2.21. The number of hydrogen-bond donors (Lipinski definition) is 1. The molecule has 3 rings (SSSR count). The molecule has 0 aliphatic rings. The lowest BCUT2D eigenvalue weighted by atomic mass is 10.1. The van der Waals surface area contributed by atoms with E-state index >= 15 is 0 Å². The third-order valence-electron chi connectivity index (χ3n) is 3.32. The van der Waals surface area contributed by atoms with Gasteiger partial charge < -0.3 is 5.11 Å². The van der Waals surface area contributed by atoms with Gasteiger partial charge in [-0.05, 0) is 23.8 Å². The Balaban J connectivity index is 2.05. The summed E-state index contributed by atoms with van der Waals surface area (Å²) in [5, 5.41) is 17.3. The Morgan fingerprint density at radius 1 is 1.00 bits per heavy atom.